The topological polar surface area (TPSA) is 149 Å². The van der Waals surface area contributed by atoms with E-state index in [4.69, 9.17) is 42.6 Å². The van der Waals surface area contributed by atoms with Crippen LogP contribution in [0.5, 0.6) is 0 Å². The number of esters is 1. The van der Waals surface area contributed by atoms with Crippen LogP contribution in [-0.2, 0) is 80.5 Å². The fourth-order valence-corrected chi connectivity index (χ4v) is 8.40. The molecule has 0 radical (unpaired) electrons. The second kappa shape index (κ2) is 25.5. The van der Waals surface area contributed by atoms with Gasteiger partial charge in [-0.3, -0.25) is 4.79 Å². The molecule has 2 aliphatic heterocycles. The fraction of sp³-hybridized carbons (Fsp3) is 0.321. The molecule has 360 valence electrons. The molecule has 0 bridgehead atoms. The van der Waals surface area contributed by atoms with Gasteiger partial charge >= 0.3 is 5.97 Å². The molecule has 2 saturated heterocycles. The van der Waals surface area contributed by atoms with Gasteiger partial charge in [0.15, 0.2) is 12.6 Å². The summed E-state index contributed by atoms with van der Waals surface area (Å²) in [5.41, 5.74) is 4.84. The molecule has 2 aliphatic rings. The Morgan fingerprint density at radius 1 is 0.449 bits per heavy atom. The quantitative estimate of drug-likeness (QED) is 0.0642. The summed E-state index contributed by atoms with van der Waals surface area (Å²) in [7, 11) is 0. The maximum Gasteiger partial charge on any atom is 0.338 e. The van der Waals surface area contributed by atoms with E-state index >= 15 is 0 Å². The average Bonchev–Trinajstić information content (AvgIpc) is 3.39. The van der Waals surface area contributed by atoms with Gasteiger partial charge < -0.3 is 53.1 Å². The maximum absolute atomic E-state index is 13.4. The lowest BCUT2D eigenvalue weighted by Gasteiger charge is -2.47. The minimum atomic E-state index is -1.47. The van der Waals surface area contributed by atoms with Crippen molar-refractivity contribution in [2.24, 2.45) is 0 Å². The van der Waals surface area contributed by atoms with Crippen LogP contribution in [-0.4, -0.2) is 91.5 Å². The van der Waals surface area contributed by atoms with Gasteiger partial charge in [-0.15, -0.1) is 0 Å². The first-order valence-electron chi connectivity index (χ1n) is 23.3. The second-order valence-corrected chi connectivity index (χ2v) is 16.9. The summed E-state index contributed by atoms with van der Waals surface area (Å²) in [6.45, 7) is 1.78. The van der Waals surface area contributed by atoms with Crippen LogP contribution in [0.25, 0.3) is 0 Å². The molecule has 10 atom stereocenters. The number of aliphatic hydroxyl groups is 1. The van der Waals surface area contributed by atoms with Crippen molar-refractivity contribution in [2.45, 2.75) is 101 Å². The molecule has 0 spiro atoms. The first kappa shape index (κ1) is 49.3. The fourth-order valence-electron chi connectivity index (χ4n) is 8.40. The molecule has 6 aromatic carbocycles. The van der Waals surface area contributed by atoms with E-state index < -0.39 is 67.3 Å². The number of ether oxygens (including phenoxy) is 9. The number of nitrogens with one attached hydrogen (secondary N) is 1. The van der Waals surface area contributed by atoms with Gasteiger partial charge in [0, 0.05) is 6.92 Å². The summed E-state index contributed by atoms with van der Waals surface area (Å²) < 4.78 is 59.1. The number of carbonyl (C=O) groups is 2. The highest BCUT2D eigenvalue weighted by molar-refractivity contribution is 5.89. The first-order valence-corrected chi connectivity index (χ1v) is 23.3. The van der Waals surface area contributed by atoms with E-state index in [1.54, 1.807) is 24.3 Å². The van der Waals surface area contributed by atoms with E-state index in [0.29, 0.717) is 5.56 Å². The third-order valence-electron chi connectivity index (χ3n) is 11.9. The molecule has 6 aromatic rings. The Balaban J connectivity index is 1.11. The molecule has 69 heavy (non-hydrogen) atoms. The smallest absolute Gasteiger partial charge is 0.338 e. The predicted molar refractivity (Wildman–Crippen MR) is 255 cm³/mol. The summed E-state index contributed by atoms with van der Waals surface area (Å²) >= 11 is 0. The van der Waals surface area contributed by atoms with Crippen LogP contribution in [0.4, 0.5) is 0 Å². The number of rotatable bonds is 22. The SMILES string of the molecule is CC(=O)N[C@@H]1[C@@H](OC[C@H]2O[C@H](O)[C@H](OCc3ccccc3)[C@@H](OCc3ccccc3)[C@@H]2OCc2ccccc2)O[C@H](COC(=O)c2ccccc2)[C@@H](OCc2ccccc2)[C@@H]1OCc1ccccc1. The maximum atomic E-state index is 13.4. The Bertz CT molecular complexity index is 2420. The Kier molecular flexibility index (Phi) is 18.2. The standard InChI is InChI=1S/C56H59NO12/c1-39(58)57-48-51(63-34-42-24-12-4-13-25-42)49(61-32-40-20-8-2-9-21-40)47(37-66-54(59)45-30-18-7-19-31-45)69-56(48)67-38-46-50(62-33-41-22-10-3-11-23-41)52(64-35-43-26-14-5-15-27-43)53(55(60)68-46)65-36-44-28-16-6-17-29-44/h2-31,46-53,55-56,60H,32-38H2,1H3,(H,57,58)/t46-,47-,48+,49-,50-,51-,52+,53-,55+,56+/m1/s1. The van der Waals surface area contributed by atoms with Crippen molar-refractivity contribution < 1.29 is 57.3 Å². The van der Waals surface area contributed by atoms with Gasteiger partial charge in [0.25, 0.3) is 0 Å². The van der Waals surface area contributed by atoms with E-state index in [1.165, 1.54) is 6.92 Å². The highest BCUT2D eigenvalue weighted by atomic mass is 16.7. The molecule has 2 fully saturated rings. The van der Waals surface area contributed by atoms with Crippen molar-refractivity contribution in [3.05, 3.63) is 215 Å². The number of amides is 1. The zero-order chi connectivity index (χ0) is 47.6. The second-order valence-electron chi connectivity index (χ2n) is 16.9. The van der Waals surface area contributed by atoms with Crippen molar-refractivity contribution in [1.82, 2.24) is 5.32 Å². The molecule has 2 N–H and O–H groups in total. The summed E-state index contributed by atoms with van der Waals surface area (Å²) in [5.74, 6) is -0.930. The van der Waals surface area contributed by atoms with Crippen molar-refractivity contribution in [3.8, 4) is 0 Å². The van der Waals surface area contributed by atoms with E-state index in [9.17, 15) is 14.7 Å². The van der Waals surface area contributed by atoms with E-state index in [0.717, 1.165) is 27.8 Å². The van der Waals surface area contributed by atoms with Crippen molar-refractivity contribution in [2.75, 3.05) is 13.2 Å². The lowest BCUT2D eigenvalue weighted by molar-refractivity contribution is -0.332. The summed E-state index contributed by atoms with van der Waals surface area (Å²) in [6, 6.07) is 56.0. The summed E-state index contributed by atoms with van der Waals surface area (Å²) in [5, 5.41) is 14.9. The predicted octanol–water partition coefficient (Wildman–Crippen LogP) is 7.73. The Hall–Kier alpha value is -6.10. The third-order valence-corrected chi connectivity index (χ3v) is 11.9. The average molecular weight is 938 g/mol. The zero-order valence-corrected chi connectivity index (χ0v) is 38.5. The molecule has 2 heterocycles. The van der Waals surface area contributed by atoms with Gasteiger partial charge in [-0.2, -0.15) is 0 Å². The molecule has 0 saturated carbocycles. The minimum Gasteiger partial charge on any atom is -0.459 e. The van der Waals surface area contributed by atoms with Crippen LogP contribution in [0.1, 0.15) is 45.1 Å². The molecule has 13 heteroatoms. The molecule has 8 rings (SSSR count). The largest absolute Gasteiger partial charge is 0.459 e. The van der Waals surface area contributed by atoms with Gasteiger partial charge in [-0.05, 0) is 39.9 Å². The van der Waals surface area contributed by atoms with Crippen LogP contribution < -0.4 is 5.32 Å². The zero-order valence-electron chi connectivity index (χ0n) is 38.5. The van der Waals surface area contributed by atoms with Crippen molar-refractivity contribution in [1.29, 1.82) is 0 Å². The van der Waals surface area contributed by atoms with E-state index in [1.807, 2.05) is 158 Å². The number of hydrogen-bond acceptors (Lipinski definition) is 12. The van der Waals surface area contributed by atoms with Crippen LogP contribution >= 0.6 is 0 Å². The lowest BCUT2D eigenvalue weighted by Crippen LogP contribution is -2.67. The number of carbonyl (C=O) groups excluding carboxylic acids is 2. The van der Waals surface area contributed by atoms with Crippen molar-refractivity contribution >= 4 is 11.9 Å². The van der Waals surface area contributed by atoms with Crippen LogP contribution in [0.3, 0.4) is 0 Å². The molecule has 1 amide bonds. The first-order chi connectivity index (χ1) is 33.9. The van der Waals surface area contributed by atoms with Crippen LogP contribution in [0, 0.1) is 0 Å². The molecular formula is C56H59NO12. The van der Waals surface area contributed by atoms with Crippen LogP contribution in [0.2, 0.25) is 0 Å². The lowest BCUT2D eigenvalue weighted by atomic mass is 9.95. The van der Waals surface area contributed by atoms with E-state index in [-0.39, 0.29) is 52.2 Å². The van der Waals surface area contributed by atoms with Crippen LogP contribution in [0.15, 0.2) is 182 Å². The number of hydrogen-bond donors (Lipinski definition) is 2. The number of benzene rings is 6. The highest BCUT2D eigenvalue weighted by Gasteiger charge is 2.52. The van der Waals surface area contributed by atoms with Gasteiger partial charge in [0.2, 0.25) is 5.91 Å². The Morgan fingerprint density at radius 2 is 0.812 bits per heavy atom. The van der Waals surface area contributed by atoms with Gasteiger partial charge in [0.1, 0.15) is 55.4 Å². The molecule has 0 unspecified atom stereocenters. The number of aliphatic hydroxyl groups excluding tert-OH is 1. The minimum absolute atomic E-state index is 0.147. The Morgan fingerprint density at radius 3 is 1.25 bits per heavy atom. The summed E-state index contributed by atoms with van der Waals surface area (Å²) in [4.78, 5) is 26.6. The molecule has 0 aliphatic carbocycles. The monoisotopic (exact) mass is 937 g/mol. The highest BCUT2D eigenvalue weighted by Crippen LogP contribution is 2.33. The normalized spacial score (nSPS) is 24.6. The van der Waals surface area contributed by atoms with Gasteiger partial charge in [0.05, 0.1) is 45.2 Å². The van der Waals surface area contributed by atoms with Gasteiger partial charge in [-0.25, -0.2) is 4.79 Å². The van der Waals surface area contributed by atoms with Crippen molar-refractivity contribution in [3.63, 3.8) is 0 Å². The summed E-state index contributed by atoms with van der Waals surface area (Å²) in [6.07, 6.45) is -9.12. The third kappa shape index (κ3) is 14.2. The molecule has 13 nitrogen and oxygen atoms in total. The molecular weight excluding hydrogens is 879 g/mol. The van der Waals surface area contributed by atoms with E-state index in [2.05, 4.69) is 5.32 Å². The Labute approximate surface area is 403 Å². The molecule has 0 aromatic heterocycles. The van der Waals surface area contributed by atoms with Gasteiger partial charge in [-0.1, -0.05) is 170 Å².